The van der Waals surface area contributed by atoms with Gasteiger partial charge in [0.2, 0.25) is 0 Å². The Hall–Kier alpha value is 0.0249. The van der Waals surface area contributed by atoms with Gasteiger partial charge in [-0.05, 0) is 12.3 Å². The minimum absolute atomic E-state index is 0.128. The summed E-state index contributed by atoms with van der Waals surface area (Å²) in [5.41, 5.74) is 6.00. The Morgan fingerprint density at radius 3 is 2.75 bits per heavy atom. The van der Waals surface area contributed by atoms with Crippen molar-refractivity contribution in [2.75, 3.05) is 0 Å². The highest BCUT2D eigenvalue weighted by Crippen LogP contribution is 2.40. The summed E-state index contributed by atoms with van der Waals surface area (Å²) in [7, 11) is 6.16. The van der Waals surface area contributed by atoms with Crippen LogP contribution in [-0.2, 0) is 0 Å². The normalized spacial score (nSPS) is 43.9. The lowest BCUT2D eigenvalue weighted by atomic mass is 9.61. The molecule has 0 aliphatic heterocycles. The summed E-state index contributed by atoms with van der Waals surface area (Å²) >= 11 is 0. The summed E-state index contributed by atoms with van der Waals surface area (Å²) in [6, 6.07) is 0.203. The summed E-state index contributed by atoms with van der Waals surface area (Å²) < 4.78 is 0. The Balaban J connectivity index is 2.59. The molecule has 0 amide bonds. The maximum Gasteiger partial charge on any atom is 0.0763 e. The zero-order valence-electron chi connectivity index (χ0n) is 8.34. The molecule has 68 valence electrons. The molecule has 2 N–H and O–H groups in total. The van der Waals surface area contributed by atoms with Crippen LogP contribution in [0.3, 0.4) is 0 Å². The first-order valence-electron chi connectivity index (χ1n) is 5.10. The van der Waals surface area contributed by atoms with Crippen LogP contribution in [0.2, 0.25) is 5.31 Å². The minimum atomic E-state index is -0.128. The fourth-order valence-corrected chi connectivity index (χ4v) is 2.18. The van der Waals surface area contributed by atoms with E-state index in [4.69, 9.17) is 13.6 Å². The van der Waals surface area contributed by atoms with Crippen molar-refractivity contribution in [1.82, 2.24) is 0 Å². The molecule has 0 spiro atoms. The molecular formula is C10H20BN. The number of rotatable bonds is 1. The molecule has 2 heteroatoms. The molecular weight excluding hydrogens is 145 g/mol. The molecule has 0 aromatic heterocycles. The van der Waals surface area contributed by atoms with Crippen LogP contribution in [0.5, 0.6) is 0 Å². The second kappa shape index (κ2) is 3.82. The Labute approximate surface area is 77.5 Å². The summed E-state index contributed by atoms with van der Waals surface area (Å²) in [4.78, 5) is 0. The fraction of sp³-hybridized carbons (Fsp3) is 1.00. The van der Waals surface area contributed by atoms with Crippen molar-refractivity contribution in [3.63, 3.8) is 0 Å². The van der Waals surface area contributed by atoms with Crippen molar-refractivity contribution in [2.24, 2.45) is 11.7 Å². The van der Waals surface area contributed by atoms with Crippen LogP contribution in [0, 0.1) is 5.92 Å². The molecule has 1 fully saturated rings. The van der Waals surface area contributed by atoms with E-state index in [9.17, 15) is 0 Å². The molecule has 1 aliphatic rings. The predicted molar refractivity (Wildman–Crippen MR) is 54.3 cm³/mol. The van der Waals surface area contributed by atoms with Crippen LogP contribution in [0.25, 0.3) is 0 Å². The quantitative estimate of drug-likeness (QED) is 0.468. The molecule has 1 saturated carbocycles. The molecule has 0 bridgehead atoms. The average Bonchev–Trinajstić information content (AvgIpc) is 2.12. The molecule has 1 rings (SSSR count). The first kappa shape index (κ1) is 10.1. The maximum absolute atomic E-state index is 6.16. The van der Waals surface area contributed by atoms with Crippen molar-refractivity contribution in [1.29, 1.82) is 0 Å². The number of nitrogens with two attached hydrogens (primary N) is 1. The second-order valence-electron chi connectivity index (χ2n) is 4.52. The van der Waals surface area contributed by atoms with Gasteiger partial charge in [0.25, 0.3) is 0 Å². The largest absolute Gasteiger partial charge is 0.328 e. The highest BCUT2D eigenvalue weighted by Gasteiger charge is 2.30. The first-order valence-corrected chi connectivity index (χ1v) is 5.10. The first-order chi connectivity index (χ1) is 5.56. The SMILES string of the molecule is [B]C1(C)CC(CC)CCCC1N. The van der Waals surface area contributed by atoms with Gasteiger partial charge in [-0.3, -0.25) is 0 Å². The summed E-state index contributed by atoms with van der Waals surface area (Å²) in [5.74, 6) is 0.800. The molecule has 1 nitrogen and oxygen atoms in total. The highest BCUT2D eigenvalue weighted by molar-refractivity contribution is 6.15. The van der Waals surface area contributed by atoms with E-state index < -0.39 is 0 Å². The third-order valence-corrected chi connectivity index (χ3v) is 3.28. The van der Waals surface area contributed by atoms with Gasteiger partial charge >= 0.3 is 0 Å². The van der Waals surface area contributed by atoms with Crippen molar-refractivity contribution >= 4 is 7.85 Å². The topological polar surface area (TPSA) is 26.0 Å². The summed E-state index contributed by atoms with van der Waals surface area (Å²) in [6.07, 6.45) is 6.02. The highest BCUT2D eigenvalue weighted by atomic mass is 14.7. The fourth-order valence-electron chi connectivity index (χ4n) is 2.18. The van der Waals surface area contributed by atoms with Gasteiger partial charge in [0.05, 0.1) is 7.85 Å². The van der Waals surface area contributed by atoms with Gasteiger partial charge in [0, 0.05) is 6.04 Å². The van der Waals surface area contributed by atoms with Crippen molar-refractivity contribution in [3.05, 3.63) is 0 Å². The average molecular weight is 165 g/mol. The zero-order chi connectivity index (χ0) is 9.19. The third-order valence-electron chi connectivity index (χ3n) is 3.28. The second-order valence-corrected chi connectivity index (χ2v) is 4.52. The standard InChI is InChI=1S/C10H20BN/c1-3-8-5-4-6-9(12)10(2,11)7-8/h8-9H,3-7,12H2,1-2H3. The number of hydrogen-bond donors (Lipinski definition) is 1. The van der Waals surface area contributed by atoms with Crippen LogP contribution in [0.15, 0.2) is 0 Å². The van der Waals surface area contributed by atoms with Crippen molar-refractivity contribution < 1.29 is 0 Å². The molecule has 12 heavy (non-hydrogen) atoms. The summed E-state index contributed by atoms with van der Waals surface area (Å²) in [6.45, 7) is 4.35. The van der Waals surface area contributed by atoms with Gasteiger partial charge in [0.15, 0.2) is 0 Å². The molecule has 3 atom stereocenters. The van der Waals surface area contributed by atoms with E-state index in [0.29, 0.717) is 0 Å². The Morgan fingerprint density at radius 1 is 1.50 bits per heavy atom. The monoisotopic (exact) mass is 165 g/mol. The van der Waals surface area contributed by atoms with Crippen LogP contribution in [0.1, 0.15) is 46.0 Å². The maximum atomic E-state index is 6.16. The van der Waals surface area contributed by atoms with Gasteiger partial charge in [0.1, 0.15) is 0 Å². The molecule has 1 aliphatic carbocycles. The number of hydrogen-bond acceptors (Lipinski definition) is 1. The molecule has 0 aromatic rings. The van der Waals surface area contributed by atoms with E-state index in [2.05, 4.69) is 13.8 Å². The lowest BCUT2D eigenvalue weighted by Gasteiger charge is -2.32. The van der Waals surface area contributed by atoms with E-state index in [1.54, 1.807) is 0 Å². The molecule has 2 radical (unpaired) electrons. The molecule has 0 heterocycles. The lowest BCUT2D eigenvalue weighted by molar-refractivity contribution is 0.379. The lowest BCUT2D eigenvalue weighted by Crippen LogP contribution is -2.34. The van der Waals surface area contributed by atoms with E-state index in [1.165, 1.54) is 19.3 Å². The van der Waals surface area contributed by atoms with Crippen molar-refractivity contribution in [3.8, 4) is 0 Å². The molecule has 0 aromatic carbocycles. The van der Waals surface area contributed by atoms with Gasteiger partial charge in [-0.1, -0.05) is 44.8 Å². The van der Waals surface area contributed by atoms with Crippen LogP contribution in [0.4, 0.5) is 0 Å². The minimum Gasteiger partial charge on any atom is -0.328 e. The Kier molecular flexibility index (Phi) is 3.22. The molecule has 3 unspecified atom stereocenters. The van der Waals surface area contributed by atoms with E-state index in [-0.39, 0.29) is 11.4 Å². The molecule has 0 saturated heterocycles. The van der Waals surface area contributed by atoms with E-state index in [0.717, 1.165) is 18.8 Å². The Morgan fingerprint density at radius 2 is 2.17 bits per heavy atom. The van der Waals surface area contributed by atoms with Gasteiger partial charge < -0.3 is 5.73 Å². The Bertz CT molecular complexity index is 145. The van der Waals surface area contributed by atoms with E-state index >= 15 is 0 Å². The van der Waals surface area contributed by atoms with Gasteiger partial charge in [-0.15, -0.1) is 0 Å². The van der Waals surface area contributed by atoms with Crippen molar-refractivity contribution in [2.45, 2.75) is 57.3 Å². The van der Waals surface area contributed by atoms with Gasteiger partial charge in [-0.25, -0.2) is 0 Å². The van der Waals surface area contributed by atoms with Crippen LogP contribution >= 0.6 is 0 Å². The summed E-state index contributed by atoms with van der Waals surface area (Å²) in [5, 5.41) is -0.128. The third kappa shape index (κ3) is 2.26. The van der Waals surface area contributed by atoms with Crippen LogP contribution in [-0.4, -0.2) is 13.9 Å². The van der Waals surface area contributed by atoms with Gasteiger partial charge in [-0.2, -0.15) is 0 Å². The van der Waals surface area contributed by atoms with Crippen LogP contribution < -0.4 is 5.73 Å². The van der Waals surface area contributed by atoms with E-state index in [1.807, 2.05) is 0 Å². The smallest absolute Gasteiger partial charge is 0.0763 e. The predicted octanol–water partition coefficient (Wildman–Crippen LogP) is 2.26. The zero-order valence-corrected chi connectivity index (χ0v) is 8.34.